The summed E-state index contributed by atoms with van der Waals surface area (Å²) < 4.78 is 30.7. The Morgan fingerprint density at radius 2 is 1.96 bits per heavy atom. The van der Waals surface area contributed by atoms with E-state index in [1.54, 1.807) is 0 Å². The molecular weight excluding hydrogens is 329 g/mol. The maximum atomic E-state index is 11.5. The summed E-state index contributed by atoms with van der Waals surface area (Å²) in [5.74, 6) is -0.847. The Morgan fingerprint density at radius 1 is 1.26 bits per heavy atom. The van der Waals surface area contributed by atoms with Gasteiger partial charge in [-0.1, -0.05) is 13.3 Å². The highest BCUT2D eigenvalue weighted by Gasteiger charge is 2.22. The molecule has 0 heterocycles. The van der Waals surface area contributed by atoms with E-state index in [1.165, 1.54) is 13.8 Å². The highest BCUT2D eigenvalue weighted by molar-refractivity contribution is 7.47. The van der Waals surface area contributed by atoms with E-state index in [0.29, 0.717) is 6.61 Å². The molecule has 0 aliphatic rings. The van der Waals surface area contributed by atoms with Crippen molar-refractivity contribution in [3.63, 3.8) is 0 Å². The van der Waals surface area contributed by atoms with Gasteiger partial charge in [0.1, 0.15) is 12.7 Å². The molecule has 9 nitrogen and oxygen atoms in total. The number of phosphoric ester groups is 1. The second-order valence-corrected chi connectivity index (χ2v) is 6.23. The van der Waals surface area contributed by atoms with E-state index in [4.69, 9.17) is 9.47 Å². The van der Waals surface area contributed by atoms with Crippen molar-refractivity contribution in [1.29, 1.82) is 0 Å². The lowest BCUT2D eigenvalue weighted by atomic mass is 10.4. The van der Waals surface area contributed by atoms with Gasteiger partial charge in [0.25, 0.3) is 0 Å². The number of nitrogens with one attached hydrogen (secondary N) is 1. The average molecular weight is 355 g/mol. The Kier molecular flexibility index (Phi) is 11.9. The summed E-state index contributed by atoms with van der Waals surface area (Å²) in [4.78, 5) is 31.4. The van der Waals surface area contributed by atoms with E-state index < -0.39 is 19.9 Å². The van der Waals surface area contributed by atoms with Crippen LogP contribution in [0.2, 0.25) is 0 Å². The fourth-order valence-electron chi connectivity index (χ4n) is 1.37. The van der Waals surface area contributed by atoms with Crippen LogP contribution in [0, 0.1) is 0 Å². The number of rotatable bonds is 13. The number of amides is 1. The van der Waals surface area contributed by atoms with Gasteiger partial charge in [-0.05, 0) is 13.3 Å². The predicted molar refractivity (Wildman–Crippen MR) is 81.7 cm³/mol. The molecule has 0 radical (unpaired) electrons. The van der Waals surface area contributed by atoms with Crippen LogP contribution in [0.3, 0.4) is 0 Å². The maximum absolute atomic E-state index is 11.5. The Balaban J connectivity index is 3.74. The molecule has 2 N–H and O–H groups in total. The molecule has 0 saturated carbocycles. The second-order valence-electron chi connectivity index (χ2n) is 4.77. The predicted octanol–water partition coefficient (Wildman–Crippen LogP) is 1.00. The molecule has 0 aliphatic heterocycles. The van der Waals surface area contributed by atoms with Crippen LogP contribution in [-0.2, 0) is 32.7 Å². The highest BCUT2D eigenvalue weighted by Crippen LogP contribution is 2.42. The average Bonchev–Trinajstić information content (AvgIpc) is 2.46. The van der Waals surface area contributed by atoms with Gasteiger partial charge >= 0.3 is 13.8 Å². The van der Waals surface area contributed by atoms with Gasteiger partial charge in [0.2, 0.25) is 5.91 Å². The van der Waals surface area contributed by atoms with Gasteiger partial charge in [0, 0.05) is 20.1 Å². The Bertz CT molecular complexity index is 403. The number of carbonyl (C=O) groups is 2. The summed E-state index contributed by atoms with van der Waals surface area (Å²) >= 11 is 0. The molecule has 2 atom stereocenters. The fraction of sp³-hybridized carbons (Fsp3) is 0.846. The first kappa shape index (κ1) is 22.0. The van der Waals surface area contributed by atoms with Gasteiger partial charge in [0.15, 0.2) is 0 Å². The molecular formula is C13H26NO8P. The van der Waals surface area contributed by atoms with Crippen LogP contribution in [0.4, 0.5) is 0 Å². The molecule has 0 bridgehead atoms. The van der Waals surface area contributed by atoms with Gasteiger partial charge in [-0.2, -0.15) is 0 Å². The quantitative estimate of drug-likeness (QED) is 0.285. The van der Waals surface area contributed by atoms with E-state index in [-0.39, 0.29) is 32.3 Å². The lowest BCUT2D eigenvalue weighted by Crippen LogP contribution is -2.30. The zero-order chi connectivity index (χ0) is 17.7. The number of esters is 1. The fourth-order valence-corrected chi connectivity index (χ4v) is 2.16. The monoisotopic (exact) mass is 355 g/mol. The molecule has 0 aromatic heterocycles. The van der Waals surface area contributed by atoms with Gasteiger partial charge in [-0.15, -0.1) is 0 Å². The normalized spacial score (nSPS) is 14.8. The molecule has 1 amide bonds. The Hall–Kier alpha value is -0.990. The number of phosphoric acid groups is 1. The van der Waals surface area contributed by atoms with Crippen LogP contribution in [0.1, 0.15) is 33.6 Å². The lowest BCUT2D eigenvalue weighted by molar-refractivity contribution is -0.147. The van der Waals surface area contributed by atoms with Crippen molar-refractivity contribution in [1.82, 2.24) is 5.32 Å². The minimum atomic E-state index is -4.25. The first-order valence-electron chi connectivity index (χ1n) is 7.40. The largest absolute Gasteiger partial charge is 0.472 e. The maximum Gasteiger partial charge on any atom is 0.472 e. The summed E-state index contributed by atoms with van der Waals surface area (Å²) in [6, 6.07) is 0. The molecule has 0 aliphatic carbocycles. The number of hydrogen-bond donors (Lipinski definition) is 2. The van der Waals surface area contributed by atoms with E-state index in [2.05, 4.69) is 14.4 Å². The summed E-state index contributed by atoms with van der Waals surface area (Å²) in [5.41, 5.74) is 0. The molecule has 136 valence electrons. The van der Waals surface area contributed by atoms with Crippen molar-refractivity contribution in [3.8, 4) is 0 Å². The van der Waals surface area contributed by atoms with E-state index in [0.717, 1.165) is 12.8 Å². The van der Waals surface area contributed by atoms with Crippen LogP contribution < -0.4 is 5.32 Å². The first-order valence-corrected chi connectivity index (χ1v) is 8.90. The first-order chi connectivity index (χ1) is 10.8. The molecule has 0 aromatic rings. The Labute approximate surface area is 136 Å². The van der Waals surface area contributed by atoms with Gasteiger partial charge < -0.3 is 19.7 Å². The molecule has 0 fully saturated rings. The van der Waals surface area contributed by atoms with Crippen molar-refractivity contribution >= 4 is 19.7 Å². The molecule has 10 heteroatoms. The number of ether oxygens (including phenoxy) is 2. The van der Waals surface area contributed by atoms with E-state index in [1.807, 2.05) is 6.92 Å². The van der Waals surface area contributed by atoms with Crippen molar-refractivity contribution < 1.29 is 37.6 Å². The van der Waals surface area contributed by atoms with Crippen LogP contribution in [0.5, 0.6) is 0 Å². The van der Waals surface area contributed by atoms with Crippen LogP contribution in [0.25, 0.3) is 0 Å². The summed E-state index contributed by atoms with van der Waals surface area (Å²) in [6.45, 7) is 4.78. The molecule has 1 unspecified atom stereocenters. The highest BCUT2D eigenvalue weighted by atomic mass is 31.2. The molecule has 0 saturated heterocycles. The third-order valence-electron chi connectivity index (χ3n) is 2.39. The SMILES string of the molecule is CCCCOCC(=O)NCCOP(=O)(O)OC[C@@H](C)OC(C)=O. The van der Waals surface area contributed by atoms with Gasteiger partial charge in [0.05, 0.1) is 13.2 Å². The number of carbonyl (C=O) groups excluding carboxylic acids is 2. The van der Waals surface area contributed by atoms with Gasteiger partial charge in [-0.3, -0.25) is 18.6 Å². The topological polar surface area (TPSA) is 120 Å². The Morgan fingerprint density at radius 3 is 2.57 bits per heavy atom. The standard InChI is InChI=1S/C13H26NO8P/c1-4-5-7-19-10-13(16)14-6-8-20-23(17,18)21-9-11(2)22-12(3)15/h11H,4-10H2,1-3H3,(H,14,16)(H,17,18)/t11-/m1/s1. The van der Waals surface area contributed by atoms with Crippen LogP contribution in [0.15, 0.2) is 0 Å². The molecule has 0 rings (SSSR count). The summed E-state index contributed by atoms with van der Waals surface area (Å²) in [5, 5.41) is 2.48. The van der Waals surface area contributed by atoms with E-state index >= 15 is 0 Å². The summed E-state index contributed by atoms with van der Waals surface area (Å²) in [7, 11) is -4.25. The third-order valence-corrected chi connectivity index (χ3v) is 3.38. The third kappa shape index (κ3) is 14.3. The summed E-state index contributed by atoms with van der Waals surface area (Å²) in [6.07, 6.45) is 1.20. The second kappa shape index (κ2) is 12.4. The molecule has 0 aromatic carbocycles. The number of unbranched alkanes of at least 4 members (excludes halogenated alkanes) is 1. The van der Waals surface area contributed by atoms with Crippen molar-refractivity contribution in [2.75, 3.05) is 33.0 Å². The lowest BCUT2D eigenvalue weighted by Gasteiger charge is -2.16. The van der Waals surface area contributed by atoms with Crippen molar-refractivity contribution in [3.05, 3.63) is 0 Å². The molecule has 23 heavy (non-hydrogen) atoms. The minimum Gasteiger partial charge on any atom is -0.460 e. The van der Waals surface area contributed by atoms with Crippen LogP contribution in [-0.4, -0.2) is 55.8 Å². The van der Waals surface area contributed by atoms with E-state index in [9.17, 15) is 19.0 Å². The zero-order valence-corrected chi connectivity index (χ0v) is 14.7. The van der Waals surface area contributed by atoms with Crippen molar-refractivity contribution in [2.45, 2.75) is 39.7 Å². The molecule has 0 spiro atoms. The van der Waals surface area contributed by atoms with Crippen LogP contribution >= 0.6 is 7.82 Å². The number of hydrogen-bond acceptors (Lipinski definition) is 7. The van der Waals surface area contributed by atoms with Crippen molar-refractivity contribution in [2.24, 2.45) is 0 Å². The smallest absolute Gasteiger partial charge is 0.460 e. The van der Waals surface area contributed by atoms with Gasteiger partial charge in [-0.25, -0.2) is 4.57 Å². The minimum absolute atomic E-state index is 0.0450. The zero-order valence-electron chi connectivity index (χ0n) is 13.8.